The summed E-state index contributed by atoms with van der Waals surface area (Å²) in [4.78, 5) is 10.3. The summed E-state index contributed by atoms with van der Waals surface area (Å²) in [5.41, 5.74) is 1.40. The van der Waals surface area contributed by atoms with Crippen molar-refractivity contribution < 1.29 is 4.74 Å². The second kappa shape index (κ2) is 8.65. The molecule has 0 saturated carbocycles. The lowest BCUT2D eigenvalue weighted by Crippen LogP contribution is -2.41. The van der Waals surface area contributed by atoms with Gasteiger partial charge in [0.05, 0.1) is 12.0 Å². The highest BCUT2D eigenvalue weighted by molar-refractivity contribution is 7.15. The van der Waals surface area contributed by atoms with E-state index in [1.807, 2.05) is 19.0 Å². The van der Waals surface area contributed by atoms with Crippen molar-refractivity contribution in [1.29, 1.82) is 0 Å². The molecular formula is C19H28N4OS. The molecule has 0 aliphatic carbocycles. The van der Waals surface area contributed by atoms with E-state index in [1.54, 1.807) is 18.4 Å². The van der Waals surface area contributed by atoms with E-state index in [2.05, 4.69) is 45.5 Å². The predicted octanol–water partition coefficient (Wildman–Crippen LogP) is 2.97. The molecule has 0 atom stereocenters. The average Bonchev–Trinajstić information content (AvgIpc) is 3.06. The number of aromatic nitrogens is 1. The van der Waals surface area contributed by atoms with Crippen LogP contribution >= 0.6 is 11.3 Å². The number of thiazole rings is 1. The Morgan fingerprint density at radius 1 is 1.24 bits per heavy atom. The average molecular weight is 361 g/mol. The fraction of sp³-hybridized carbons (Fsp3) is 0.526. The highest BCUT2D eigenvalue weighted by atomic mass is 32.1. The molecule has 0 radical (unpaired) electrons. The molecule has 6 heteroatoms. The summed E-state index contributed by atoms with van der Waals surface area (Å²) in [6, 6.07) is 11.3. The first-order valence-electron chi connectivity index (χ1n) is 8.86. The molecule has 1 saturated heterocycles. The van der Waals surface area contributed by atoms with E-state index in [4.69, 9.17) is 4.74 Å². The number of nitrogens with one attached hydrogen (secondary N) is 1. The number of hydrogen-bond donors (Lipinski definition) is 1. The van der Waals surface area contributed by atoms with Gasteiger partial charge in [0.15, 0.2) is 5.13 Å². The summed E-state index contributed by atoms with van der Waals surface area (Å²) in [5.74, 6) is 0.753. The molecule has 1 fully saturated rings. The Labute approximate surface area is 154 Å². The van der Waals surface area contributed by atoms with Gasteiger partial charge in [-0.2, -0.15) is 4.98 Å². The zero-order valence-electron chi connectivity index (χ0n) is 15.4. The minimum Gasteiger partial charge on any atom is -0.480 e. The van der Waals surface area contributed by atoms with Crippen molar-refractivity contribution >= 4 is 16.5 Å². The zero-order valence-corrected chi connectivity index (χ0v) is 16.2. The van der Waals surface area contributed by atoms with Gasteiger partial charge in [-0.05, 0) is 31.5 Å². The lowest BCUT2D eigenvalue weighted by molar-refractivity contribution is 0.190. The van der Waals surface area contributed by atoms with E-state index in [0.29, 0.717) is 6.04 Å². The third-order valence-electron chi connectivity index (χ3n) is 4.61. The SMILES string of the molecule is COc1nc(N(C)C)sc1CNC1CCN(Cc2ccccc2)CC1. The summed E-state index contributed by atoms with van der Waals surface area (Å²) >= 11 is 1.70. The smallest absolute Gasteiger partial charge is 0.230 e. The van der Waals surface area contributed by atoms with Crippen LogP contribution in [0.4, 0.5) is 5.13 Å². The second-order valence-electron chi connectivity index (χ2n) is 6.74. The van der Waals surface area contributed by atoms with Crippen molar-refractivity contribution in [2.75, 3.05) is 39.2 Å². The van der Waals surface area contributed by atoms with E-state index in [0.717, 1.165) is 37.2 Å². The Kier molecular flexibility index (Phi) is 6.29. The predicted molar refractivity (Wildman–Crippen MR) is 105 cm³/mol. The number of ether oxygens (including phenoxy) is 1. The van der Waals surface area contributed by atoms with Gasteiger partial charge in [0.1, 0.15) is 0 Å². The Balaban J connectivity index is 1.46. The molecule has 1 aliphatic rings. The Morgan fingerprint density at radius 2 is 1.96 bits per heavy atom. The first kappa shape index (κ1) is 18.2. The van der Waals surface area contributed by atoms with E-state index >= 15 is 0 Å². The van der Waals surface area contributed by atoms with E-state index < -0.39 is 0 Å². The van der Waals surface area contributed by atoms with Crippen LogP contribution in [0, 0.1) is 0 Å². The first-order valence-corrected chi connectivity index (χ1v) is 9.68. The quantitative estimate of drug-likeness (QED) is 0.822. The largest absolute Gasteiger partial charge is 0.480 e. The summed E-state index contributed by atoms with van der Waals surface area (Å²) in [5, 5.41) is 4.69. The van der Waals surface area contributed by atoms with Crippen molar-refractivity contribution in [3.05, 3.63) is 40.8 Å². The van der Waals surface area contributed by atoms with Crippen LogP contribution in [0.1, 0.15) is 23.3 Å². The minimum absolute atomic E-state index is 0.571. The van der Waals surface area contributed by atoms with Gasteiger partial charge in [0.2, 0.25) is 5.88 Å². The van der Waals surface area contributed by atoms with E-state index in [-0.39, 0.29) is 0 Å². The van der Waals surface area contributed by atoms with Crippen LogP contribution in [-0.2, 0) is 13.1 Å². The molecule has 3 rings (SSSR count). The van der Waals surface area contributed by atoms with Crippen molar-refractivity contribution in [3.8, 4) is 5.88 Å². The highest BCUT2D eigenvalue weighted by Crippen LogP contribution is 2.30. The van der Waals surface area contributed by atoms with Gasteiger partial charge in [-0.3, -0.25) is 4.90 Å². The lowest BCUT2D eigenvalue weighted by Gasteiger charge is -2.32. The van der Waals surface area contributed by atoms with Crippen LogP contribution in [0.3, 0.4) is 0 Å². The van der Waals surface area contributed by atoms with Gasteiger partial charge in [-0.1, -0.05) is 41.7 Å². The maximum absolute atomic E-state index is 5.42. The Bertz CT molecular complexity index is 651. The van der Waals surface area contributed by atoms with Crippen molar-refractivity contribution in [3.63, 3.8) is 0 Å². The molecule has 0 unspecified atom stereocenters. The van der Waals surface area contributed by atoms with Gasteiger partial charge < -0.3 is 15.0 Å². The summed E-state index contributed by atoms with van der Waals surface area (Å²) < 4.78 is 5.42. The van der Waals surface area contributed by atoms with Crippen molar-refractivity contribution in [1.82, 2.24) is 15.2 Å². The first-order chi connectivity index (χ1) is 12.2. The molecule has 1 N–H and O–H groups in total. The molecule has 5 nitrogen and oxygen atoms in total. The molecule has 2 aromatic rings. The molecular weight excluding hydrogens is 332 g/mol. The number of hydrogen-bond acceptors (Lipinski definition) is 6. The van der Waals surface area contributed by atoms with Gasteiger partial charge in [-0.15, -0.1) is 0 Å². The number of anilines is 1. The van der Waals surface area contributed by atoms with Crippen LogP contribution < -0.4 is 15.0 Å². The van der Waals surface area contributed by atoms with Gasteiger partial charge in [0, 0.05) is 33.2 Å². The molecule has 0 amide bonds. The third kappa shape index (κ3) is 4.93. The number of benzene rings is 1. The number of piperidine rings is 1. The van der Waals surface area contributed by atoms with Crippen LogP contribution in [0.5, 0.6) is 5.88 Å². The molecule has 1 aromatic carbocycles. The lowest BCUT2D eigenvalue weighted by atomic mass is 10.0. The van der Waals surface area contributed by atoms with Crippen molar-refractivity contribution in [2.45, 2.75) is 32.0 Å². The van der Waals surface area contributed by atoms with Crippen LogP contribution in [-0.4, -0.2) is 50.2 Å². The third-order valence-corrected chi connectivity index (χ3v) is 5.82. The van der Waals surface area contributed by atoms with E-state index in [1.165, 1.54) is 23.3 Å². The molecule has 1 aromatic heterocycles. The Morgan fingerprint density at radius 3 is 2.60 bits per heavy atom. The van der Waals surface area contributed by atoms with Gasteiger partial charge >= 0.3 is 0 Å². The Hall–Kier alpha value is -1.63. The normalized spacial score (nSPS) is 16.1. The minimum atomic E-state index is 0.571. The van der Waals surface area contributed by atoms with Gasteiger partial charge in [0.25, 0.3) is 0 Å². The maximum Gasteiger partial charge on any atom is 0.230 e. The van der Waals surface area contributed by atoms with Crippen LogP contribution in [0.2, 0.25) is 0 Å². The molecule has 2 heterocycles. The second-order valence-corrected chi connectivity index (χ2v) is 7.80. The summed E-state index contributed by atoms with van der Waals surface area (Å²) in [7, 11) is 5.72. The highest BCUT2D eigenvalue weighted by Gasteiger charge is 2.20. The van der Waals surface area contributed by atoms with Gasteiger partial charge in [-0.25, -0.2) is 0 Å². The fourth-order valence-corrected chi connectivity index (χ4v) is 4.07. The summed E-state index contributed by atoms with van der Waals surface area (Å²) in [6.45, 7) is 4.19. The number of methoxy groups -OCH3 is 1. The molecule has 136 valence electrons. The van der Waals surface area contributed by atoms with Crippen molar-refractivity contribution in [2.24, 2.45) is 0 Å². The number of likely N-dealkylation sites (tertiary alicyclic amines) is 1. The molecule has 25 heavy (non-hydrogen) atoms. The summed E-state index contributed by atoms with van der Waals surface area (Å²) in [6.07, 6.45) is 2.38. The molecule has 0 bridgehead atoms. The monoisotopic (exact) mass is 360 g/mol. The fourth-order valence-electron chi connectivity index (χ4n) is 3.16. The van der Waals surface area contributed by atoms with Crippen LogP contribution in [0.15, 0.2) is 30.3 Å². The van der Waals surface area contributed by atoms with E-state index in [9.17, 15) is 0 Å². The topological polar surface area (TPSA) is 40.6 Å². The molecule has 0 spiro atoms. The maximum atomic E-state index is 5.42. The number of nitrogens with zero attached hydrogens (tertiary/aromatic N) is 3. The zero-order chi connectivity index (χ0) is 17.6. The molecule has 1 aliphatic heterocycles. The van der Waals surface area contributed by atoms with Crippen LogP contribution in [0.25, 0.3) is 0 Å². The number of rotatable bonds is 7. The standard InChI is InChI=1S/C19H28N4OS/c1-22(2)19-21-18(24-3)17(25-19)13-20-16-9-11-23(12-10-16)14-15-7-5-4-6-8-15/h4-8,16,20H,9-14H2,1-3H3.